The molecule has 0 heterocycles. The molecule has 3 nitrogen and oxygen atoms in total. The van der Waals surface area contributed by atoms with Gasteiger partial charge in [0, 0.05) is 10.6 Å². The van der Waals surface area contributed by atoms with E-state index in [9.17, 15) is 9.50 Å². The zero-order valence-corrected chi connectivity index (χ0v) is 11.8. The Morgan fingerprint density at radius 1 is 1.10 bits per heavy atom. The Hall–Kier alpha value is -1.78. The minimum absolute atomic E-state index is 0.144. The topological polar surface area (TPSA) is 38.7 Å². The number of hydrogen-bond donors (Lipinski definition) is 1. The highest BCUT2D eigenvalue weighted by molar-refractivity contribution is 6.31. The molecule has 0 saturated heterocycles. The van der Waals surface area contributed by atoms with Crippen LogP contribution in [0.25, 0.3) is 0 Å². The molecule has 0 aromatic heterocycles. The van der Waals surface area contributed by atoms with Gasteiger partial charge in [-0.05, 0) is 24.3 Å². The number of hydrogen-bond acceptors (Lipinski definition) is 3. The smallest absolute Gasteiger partial charge is 0.128 e. The summed E-state index contributed by atoms with van der Waals surface area (Å²) < 4.78 is 23.6. The predicted molar refractivity (Wildman–Crippen MR) is 75.0 cm³/mol. The molecule has 1 atom stereocenters. The molecule has 0 aliphatic carbocycles. The van der Waals surface area contributed by atoms with Crippen molar-refractivity contribution < 1.29 is 19.0 Å². The number of ether oxygens (including phenoxy) is 2. The van der Waals surface area contributed by atoms with Crippen molar-refractivity contribution in [2.24, 2.45) is 0 Å². The molecular formula is C15H14ClFO3. The van der Waals surface area contributed by atoms with Gasteiger partial charge < -0.3 is 14.6 Å². The Morgan fingerprint density at radius 3 is 2.20 bits per heavy atom. The quantitative estimate of drug-likeness (QED) is 0.937. The fourth-order valence-electron chi connectivity index (χ4n) is 2.03. The molecule has 0 bridgehead atoms. The Labute approximate surface area is 121 Å². The van der Waals surface area contributed by atoms with Gasteiger partial charge in [0.2, 0.25) is 0 Å². The van der Waals surface area contributed by atoms with Crippen molar-refractivity contribution in [1.29, 1.82) is 0 Å². The molecule has 0 aliphatic rings. The van der Waals surface area contributed by atoms with E-state index >= 15 is 0 Å². The van der Waals surface area contributed by atoms with E-state index in [1.807, 2.05) is 0 Å². The highest BCUT2D eigenvalue weighted by Gasteiger charge is 2.22. The van der Waals surface area contributed by atoms with Gasteiger partial charge in [0.1, 0.15) is 23.4 Å². The van der Waals surface area contributed by atoms with Crippen LogP contribution in [0.5, 0.6) is 11.5 Å². The molecule has 0 spiro atoms. The van der Waals surface area contributed by atoms with Gasteiger partial charge >= 0.3 is 0 Å². The molecule has 5 heteroatoms. The lowest BCUT2D eigenvalue weighted by Crippen LogP contribution is -2.06. The van der Waals surface area contributed by atoms with Crippen LogP contribution in [-0.2, 0) is 0 Å². The first-order chi connectivity index (χ1) is 9.58. The molecule has 0 aliphatic heterocycles. The molecule has 20 heavy (non-hydrogen) atoms. The minimum Gasteiger partial charge on any atom is -0.496 e. The van der Waals surface area contributed by atoms with E-state index in [1.54, 1.807) is 18.2 Å². The van der Waals surface area contributed by atoms with E-state index in [2.05, 4.69) is 0 Å². The maximum absolute atomic E-state index is 13.1. The number of aliphatic hydroxyl groups excluding tert-OH is 1. The van der Waals surface area contributed by atoms with E-state index in [0.29, 0.717) is 22.6 Å². The van der Waals surface area contributed by atoms with Crippen molar-refractivity contribution in [2.75, 3.05) is 14.2 Å². The first-order valence-corrected chi connectivity index (χ1v) is 6.30. The van der Waals surface area contributed by atoms with E-state index < -0.39 is 11.9 Å². The van der Waals surface area contributed by atoms with E-state index in [-0.39, 0.29) is 5.02 Å². The van der Waals surface area contributed by atoms with E-state index in [1.165, 1.54) is 26.4 Å². The molecule has 106 valence electrons. The maximum atomic E-state index is 13.1. The molecule has 0 radical (unpaired) electrons. The van der Waals surface area contributed by atoms with E-state index in [0.717, 1.165) is 6.07 Å². The van der Waals surface area contributed by atoms with Crippen LogP contribution in [0.1, 0.15) is 17.2 Å². The summed E-state index contributed by atoms with van der Waals surface area (Å²) in [4.78, 5) is 0. The summed E-state index contributed by atoms with van der Waals surface area (Å²) in [6, 6.07) is 9.00. The van der Waals surface area contributed by atoms with Gasteiger partial charge in [-0.1, -0.05) is 23.7 Å². The fourth-order valence-corrected chi connectivity index (χ4v) is 2.30. The molecule has 1 unspecified atom stereocenters. The van der Waals surface area contributed by atoms with Gasteiger partial charge in [-0.15, -0.1) is 0 Å². The molecule has 0 fully saturated rings. The number of benzene rings is 2. The first-order valence-electron chi connectivity index (χ1n) is 5.92. The van der Waals surface area contributed by atoms with Crippen LogP contribution in [0, 0.1) is 5.82 Å². The third kappa shape index (κ3) is 2.71. The standard InChI is InChI=1S/C15H14ClFO3/c1-19-12-4-3-5-13(20-2)14(12)15(18)10-7-6-9(17)8-11(10)16/h3-8,15,18H,1-2H3. The highest BCUT2D eigenvalue weighted by Crippen LogP contribution is 2.39. The van der Waals surface area contributed by atoms with Gasteiger partial charge in [-0.2, -0.15) is 0 Å². The van der Waals surface area contributed by atoms with Crippen molar-refractivity contribution >= 4 is 11.6 Å². The second kappa shape index (κ2) is 6.11. The summed E-state index contributed by atoms with van der Waals surface area (Å²) in [5.74, 6) is 0.479. The Kier molecular flexibility index (Phi) is 4.47. The van der Waals surface area contributed by atoms with Gasteiger partial charge in [0.15, 0.2) is 0 Å². The molecule has 2 aromatic rings. The van der Waals surface area contributed by atoms with Crippen LogP contribution in [0.2, 0.25) is 5.02 Å². The average Bonchev–Trinajstić information content (AvgIpc) is 2.45. The van der Waals surface area contributed by atoms with Crippen molar-refractivity contribution in [3.8, 4) is 11.5 Å². The first kappa shape index (κ1) is 14.6. The number of aliphatic hydroxyl groups is 1. The van der Waals surface area contributed by atoms with Crippen molar-refractivity contribution in [1.82, 2.24) is 0 Å². The second-order valence-corrected chi connectivity index (χ2v) is 4.55. The van der Waals surface area contributed by atoms with Gasteiger partial charge in [-0.25, -0.2) is 4.39 Å². The summed E-state index contributed by atoms with van der Waals surface area (Å²) in [5.41, 5.74) is 0.835. The Bertz CT molecular complexity index is 594. The van der Waals surface area contributed by atoms with Gasteiger partial charge in [0.05, 0.1) is 19.8 Å². The van der Waals surface area contributed by atoms with Crippen LogP contribution < -0.4 is 9.47 Å². The highest BCUT2D eigenvalue weighted by atomic mass is 35.5. The summed E-state index contributed by atoms with van der Waals surface area (Å²) >= 11 is 5.98. The maximum Gasteiger partial charge on any atom is 0.128 e. The number of halogens is 2. The minimum atomic E-state index is -1.07. The molecule has 0 amide bonds. The van der Waals surface area contributed by atoms with Crippen molar-refractivity contribution in [3.05, 3.63) is 58.4 Å². The van der Waals surface area contributed by atoms with Crippen LogP contribution in [0.15, 0.2) is 36.4 Å². The summed E-state index contributed by atoms with van der Waals surface area (Å²) in [5, 5.41) is 10.7. The van der Waals surface area contributed by atoms with Crippen molar-refractivity contribution in [3.63, 3.8) is 0 Å². The van der Waals surface area contributed by atoms with E-state index in [4.69, 9.17) is 21.1 Å². The summed E-state index contributed by atoms with van der Waals surface area (Å²) in [6.45, 7) is 0. The lowest BCUT2D eigenvalue weighted by Gasteiger charge is -2.19. The normalized spacial score (nSPS) is 12.1. The SMILES string of the molecule is COc1cccc(OC)c1C(O)c1ccc(F)cc1Cl. The third-order valence-electron chi connectivity index (χ3n) is 3.00. The van der Waals surface area contributed by atoms with Gasteiger partial charge in [-0.3, -0.25) is 0 Å². The third-order valence-corrected chi connectivity index (χ3v) is 3.32. The predicted octanol–water partition coefficient (Wildman–Crippen LogP) is 3.58. The molecule has 2 rings (SSSR count). The second-order valence-electron chi connectivity index (χ2n) is 4.14. The lowest BCUT2D eigenvalue weighted by molar-refractivity contribution is 0.209. The van der Waals surface area contributed by atoms with Crippen LogP contribution >= 0.6 is 11.6 Å². The zero-order chi connectivity index (χ0) is 14.7. The fraction of sp³-hybridized carbons (Fsp3) is 0.200. The monoisotopic (exact) mass is 296 g/mol. The van der Waals surface area contributed by atoms with Crippen LogP contribution in [-0.4, -0.2) is 19.3 Å². The average molecular weight is 297 g/mol. The van der Waals surface area contributed by atoms with Gasteiger partial charge in [0.25, 0.3) is 0 Å². The van der Waals surface area contributed by atoms with Crippen molar-refractivity contribution in [2.45, 2.75) is 6.10 Å². The molecule has 2 aromatic carbocycles. The number of methoxy groups -OCH3 is 2. The summed E-state index contributed by atoms with van der Waals surface area (Å²) in [7, 11) is 2.99. The molecule has 0 saturated carbocycles. The largest absolute Gasteiger partial charge is 0.496 e. The molecular weight excluding hydrogens is 283 g/mol. The lowest BCUT2D eigenvalue weighted by atomic mass is 9.99. The Balaban J connectivity index is 2.55. The van der Waals surface area contributed by atoms with Crippen LogP contribution in [0.4, 0.5) is 4.39 Å². The molecule has 1 N–H and O–H groups in total. The Morgan fingerprint density at radius 2 is 1.70 bits per heavy atom. The van der Waals surface area contributed by atoms with Crippen LogP contribution in [0.3, 0.4) is 0 Å². The zero-order valence-electron chi connectivity index (χ0n) is 11.1. The number of rotatable bonds is 4. The summed E-state index contributed by atoms with van der Waals surface area (Å²) in [6.07, 6.45) is -1.07.